The zero-order valence-electron chi connectivity index (χ0n) is 8.69. The van der Waals surface area contributed by atoms with Crippen molar-refractivity contribution < 1.29 is 4.79 Å². The molecule has 0 fully saturated rings. The summed E-state index contributed by atoms with van der Waals surface area (Å²) in [7, 11) is 0. The maximum atomic E-state index is 11.0. The molecule has 1 rings (SSSR count). The molecule has 1 amide bonds. The molecule has 0 aliphatic carbocycles. The molecular formula is C11H15NOS2. The maximum Gasteiger partial charge on any atom is 0.229 e. The van der Waals surface area contributed by atoms with Gasteiger partial charge in [-0.2, -0.15) is 12.6 Å². The van der Waals surface area contributed by atoms with E-state index in [1.54, 1.807) is 0 Å². The highest BCUT2D eigenvalue weighted by atomic mass is 32.2. The number of thiol groups is 1. The first-order chi connectivity index (χ1) is 7.26. The molecule has 0 radical (unpaired) electrons. The lowest BCUT2D eigenvalue weighted by Crippen LogP contribution is -2.23. The minimum absolute atomic E-state index is 0.0367. The van der Waals surface area contributed by atoms with Crippen molar-refractivity contribution in [1.82, 2.24) is 5.32 Å². The fourth-order valence-electron chi connectivity index (χ4n) is 1.13. The van der Waals surface area contributed by atoms with E-state index in [4.69, 9.17) is 0 Å². The number of carbonyl (C=O) groups excluding carboxylic acids is 1. The van der Waals surface area contributed by atoms with Gasteiger partial charge in [0.25, 0.3) is 0 Å². The summed E-state index contributed by atoms with van der Waals surface area (Å²) in [6, 6.07) is 8.24. The summed E-state index contributed by atoms with van der Waals surface area (Å²) in [4.78, 5) is 12.2. The molecule has 4 heteroatoms. The van der Waals surface area contributed by atoms with Gasteiger partial charge < -0.3 is 5.32 Å². The second kappa shape index (κ2) is 6.80. The normalized spacial score (nSPS) is 10.0. The van der Waals surface area contributed by atoms with Gasteiger partial charge in [-0.15, -0.1) is 11.8 Å². The van der Waals surface area contributed by atoms with Crippen LogP contribution >= 0.6 is 24.4 Å². The largest absolute Gasteiger partial charge is 0.351 e. The van der Waals surface area contributed by atoms with Crippen molar-refractivity contribution in [3.8, 4) is 0 Å². The number of hydrogen-bond donors (Lipinski definition) is 2. The predicted octanol–water partition coefficient (Wildman–Crippen LogP) is 2.34. The molecule has 0 aliphatic heterocycles. The number of hydrogen-bond acceptors (Lipinski definition) is 3. The summed E-state index contributed by atoms with van der Waals surface area (Å²) in [5.41, 5.74) is 1.12. The molecule has 0 unspecified atom stereocenters. The zero-order valence-corrected chi connectivity index (χ0v) is 10.4. The zero-order chi connectivity index (χ0) is 11.1. The van der Waals surface area contributed by atoms with Crippen LogP contribution in [0.2, 0.25) is 0 Å². The van der Waals surface area contributed by atoms with Gasteiger partial charge >= 0.3 is 0 Å². The Balaban J connectivity index is 2.45. The lowest BCUT2D eigenvalue weighted by Gasteiger charge is -2.04. The molecule has 0 aromatic heterocycles. The Kier molecular flexibility index (Phi) is 5.65. The topological polar surface area (TPSA) is 29.1 Å². The summed E-state index contributed by atoms with van der Waals surface area (Å²) >= 11 is 5.70. The van der Waals surface area contributed by atoms with E-state index in [1.165, 1.54) is 4.90 Å². The summed E-state index contributed by atoms with van der Waals surface area (Å²) < 4.78 is 0. The van der Waals surface area contributed by atoms with Gasteiger partial charge in [0.1, 0.15) is 0 Å². The standard InChI is InChI=1S/C11H15NOS2/c1-2-15-10-5-3-9(4-6-10)7-12-11(13)8-14/h3-6,14H,2,7-8H2,1H3,(H,12,13). The van der Waals surface area contributed by atoms with E-state index in [2.05, 4.69) is 37.0 Å². The van der Waals surface area contributed by atoms with Crippen LogP contribution in [0.3, 0.4) is 0 Å². The van der Waals surface area contributed by atoms with Crippen molar-refractivity contribution in [3.63, 3.8) is 0 Å². The monoisotopic (exact) mass is 241 g/mol. The number of thioether (sulfide) groups is 1. The van der Waals surface area contributed by atoms with Crippen LogP contribution in [-0.4, -0.2) is 17.4 Å². The first-order valence-corrected chi connectivity index (χ1v) is 6.47. The number of amides is 1. The van der Waals surface area contributed by atoms with Gasteiger partial charge in [0.15, 0.2) is 0 Å². The molecule has 1 aromatic carbocycles. The maximum absolute atomic E-state index is 11.0. The average Bonchev–Trinajstić information content (AvgIpc) is 2.28. The highest BCUT2D eigenvalue weighted by Gasteiger charge is 1.98. The van der Waals surface area contributed by atoms with Gasteiger partial charge in [-0.05, 0) is 23.4 Å². The van der Waals surface area contributed by atoms with Crippen molar-refractivity contribution in [3.05, 3.63) is 29.8 Å². The molecule has 82 valence electrons. The van der Waals surface area contributed by atoms with Gasteiger partial charge in [0, 0.05) is 11.4 Å². The van der Waals surface area contributed by atoms with E-state index >= 15 is 0 Å². The third kappa shape index (κ3) is 4.62. The summed E-state index contributed by atoms with van der Waals surface area (Å²) in [6.07, 6.45) is 0. The third-order valence-corrected chi connectivity index (χ3v) is 3.05. The van der Waals surface area contributed by atoms with Crippen LogP contribution < -0.4 is 5.32 Å². The van der Waals surface area contributed by atoms with Crippen LogP contribution in [0.1, 0.15) is 12.5 Å². The first-order valence-electron chi connectivity index (χ1n) is 4.85. The van der Waals surface area contributed by atoms with Crippen LogP contribution in [0, 0.1) is 0 Å². The van der Waals surface area contributed by atoms with Crippen molar-refractivity contribution in [2.24, 2.45) is 0 Å². The second-order valence-electron chi connectivity index (χ2n) is 3.01. The van der Waals surface area contributed by atoms with Gasteiger partial charge in [0.05, 0.1) is 5.75 Å². The minimum Gasteiger partial charge on any atom is -0.351 e. The van der Waals surface area contributed by atoms with Gasteiger partial charge in [-0.1, -0.05) is 19.1 Å². The van der Waals surface area contributed by atoms with E-state index in [0.29, 0.717) is 6.54 Å². The molecule has 1 aromatic rings. The van der Waals surface area contributed by atoms with E-state index in [1.807, 2.05) is 23.9 Å². The SMILES string of the molecule is CCSc1ccc(CNC(=O)CS)cc1. The molecule has 0 saturated carbocycles. The van der Waals surface area contributed by atoms with Gasteiger partial charge in [-0.3, -0.25) is 4.79 Å². The number of carbonyl (C=O) groups is 1. The molecule has 2 nitrogen and oxygen atoms in total. The Morgan fingerprint density at radius 1 is 1.40 bits per heavy atom. The Hall–Kier alpha value is -0.610. The highest BCUT2D eigenvalue weighted by molar-refractivity contribution is 7.99. The lowest BCUT2D eigenvalue weighted by molar-refractivity contribution is -0.118. The summed E-state index contributed by atoms with van der Waals surface area (Å²) in [5.74, 6) is 1.28. The number of rotatable bonds is 5. The Labute approximate surface area is 100 Å². The lowest BCUT2D eigenvalue weighted by atomic mass is 10.2. The fraction of sp³-hybridized carbons (Fsp3) is 0.364. The Morgan fingerprint density at radius 3 is 2.60 bits per heavy atom. The smallest absolute Gasteiger partial charge is 0.229 e. The molecule has 0 atom stereocenters. The van der Waals surface area contributed by atoms with Crippen LogP contribution in [0.5, 0.6) is 0 Å². The van der Waals surface area contributed by atoms with Crippen LogP contribution in [-0.2, 0) is 11.3 Å². The quantitative estimate of drug-likeness (QED) is 0.612. The van der Waals surface area contributed by atoms with Gasteiger partial charge in [-0.25, -0.2) is 0 Å². The number of nitrogens with one attached hydrogen (secondary N) is 1. The van der Waals surface area contributed by atoms with Crippen LogP contribution in [0.4, 0.5) is 0 Å². The fourth-order valence-corrected chi connectivity index (χ4v) is 1.90. The predicted molar refractivity (Wildman–Crippen MR) is 68.5 cm³/mol. The average molecular weight is 241 g/mol. The molecule has 0 bridgehead atoms. The third-order valence-electron chi connectivity index (χ3n) is 1.87. The van der Waals surface area contributed by atoms with E-state index in [-0.39, 0.29) is 11.7 Å². The summed E-state index contributed by atoms with van der Waals surface area (Å²) in [6.45, 7) is 2.71. The minimum atomic E-state index is -0.0367. The van der Waals surface area contributed by atoms with E-state index in [0.717, 1.165) is 11.3 Å². The van der Waals surface area contributed by atoms with Crippen molar-refractivity contribution in [2.45, 2.75) is 18.4 Å². The van der Waals surface area contributed by atoms with Crippen LogP contribution in [0.25, 0.3) is 0 Å². The highest BCUT2D eigenvalue weighted by Crippen LogP contribution is 2.17. The van der Waals surface area contributed by atoms with Crippen molar-refractivity contribution in [1.29, 1.82) is 0 Å². The summed E-state index contributed by atoms with van der Waals surface area (Å²) in [5, 5.41) is 2.78. The molecular weight excluding hydrogens is 226 g/mol. The molecule has 1 N–H and O–H groups in total. The first kappa shape index (κ1) is 12.5. The molecule has 0 aliphatic rings. The molecule has 0 spiro atoms. The Morgan fingerprint density at radius 2 is 2.07 bits per heavy atom. The van der Waals surface area contributed by atoms with Gasteiger partial charge in [0.2, 0.25) is 5.91 Å². The van der Waals surface area contributed by atoms with Crippen LogP contribution in [0.15, 0.2) is 29.2 Å². The Bertz CT molecular complexity index is 311. The van der Waals surface area contributed by atoms with Crippen molar-refractivity contribution in [2.75, 3.05) is 11.5 Å². The molecule has 15 heavy (non-hydrogen) atoms. The molecule has 0 saturated heterocycles. The second-order valence-corrected chi connectivity index (χ2v) is 4.67. The molecule has 0 heterocycles. The van der Waals surface area contributed by atoms with E-state index in [9.17, 15) is 4.79 Å². The van der Waals surface area contributed by atoms with Crippen molar-refractivity contribution >= 4 is 30.3 Å². The van der Waals surface area contributed by atoms with E-state index < -0.39 is 0 Å². The number of benzene rings is 1.